The molecule has 5 nitrogen and oxygen atoms in total. The quantitative estimate of drug-likeness (QED) is 0.718. The Hall–Kier alpha value is -2.05. The lowest BCUT2D eigenvalue weighted by molar-refractivity contribution is -0.112. The van der Waals surface area contributed by atoms with Gasteiger partial charge < -0.3 is 4.79 Å². The predicted molar refractivity (Wildman–Crippen MR) is 106 cm³/mol. The van der Waals surface area contributed by atoms with E-state index in [-0.39, 0.29) is 5.91 Å². The average Bonchev–Trinajstić information content (AvgIpc) is 3.01. The molecule has 3 rings (SSSR count). The fraction of sp³-hybridized carbons (Fsp3) is 0.316. The number of carbonyl (C=O) groups excluding carboxylic acids is 2. The molecule has 0 bridgehead atoms. The van der Waals surface area contributed by atoms with Crippen LogP contribution in [0, 0.1) is 6.92 Å². The number of hydrogen-bond acceptors (Lipinski definition) is 4. The first-order chi connectivity index (χ1) is 12.4. The molecule has 0 saturated carbocycles. The molecule has 1 aliphatic rings. The van der Waals surface area contributed by atoms with Gasteiger partial charge in [0.25, 0.3) is 5.91 Å². The number of thioether (sulfide) groups is 1. The van der Waals surface area contributed by atoms with Gasteiger partial charge in [-0.1, -0.05) is 23.7 Å². The topological polar surface area (TPSA) is 55.2 Å². The summed E-state index contributed by atoms with van der Waals surface area (Å²) in [4.78, 5) is 26.7. The van der Waals surface area contributed by atoms with Crippen LogP contribution in [0.3, 0.4) is 0 Å². The molecular weight excluding hydrogens is 370 g/mol. The smallest absolute Gasteiger partial charge is 0.277 e. The summed E-state index contributed by atoms with van der Waals surface area (Å²) < 4.78 is 1.64. The van der Waals surface area contributed by atoms with Gasteiger partial charge in [-0.3, -0.25) is 14.4 Å². The number of aldehydes is 1. The summed E-state index contributed by atoms with van der Waals surface area (Å²) in [5.74, 6) is 0.428. The third-order valence-electron chi connectivity index (χ3n) is 4.36. The summed E-state index contributed by atoms with van der Waals surface area (Å²) >= 11 is 7.75. The Kier molecular flexibility index (Phi) is 5.25. The maximum absolute atomic E-state index is 13.2. The molecule has 1 atom stereocenters. The van der Waals surface area contributed by atoms with E-state index in [9.17, 15) is 9.59 Å². The van der Waals surface area contributed by atoms with E-state index >= 15 is 0 Å². The van der Waals surface area contributed by atoms with Crippen molar-refractivity contribution in [2.75, 3.05) is 4.90 Å². The maximum Gasteiger partial charge on any atom is 0.277 e. The van der Waals surface area contributed by atoms with E-state index < -0.39 is 5.54 Å². The van der Waals surface area contributed by atoms with Gasteiger partial charge in [0.05, 0.1) is 12.2 Å². The molecule has 0 spiro atoms. The fourth-order valence-corrected chi connectivity index (χ4v) is 3.85. The van der Waals surface area contributed by atoms with Crippen molar-refractivity contribution in [2.24, 2.45) is 0 Å². The van der Waals surface area contributed by atoms with Gasteiger partial charge in [0.15, 0.2) is 0 Å². The standard InChI is InChI=1S/C19H20ClN3O2S/c1-4-7-26-10-15-9-17-18(25)23(16-8-14(20)6-5-13(16)2)19(3,12-24)11-22(17)21-15/h4-9,12H,10-11H2,1-3H3/b7-4-. The number of rotatable bonds is 5. The SMILES string of the molecule is C/C=C\SCc1cc2n(n1)CC(C)(C=O)N(c1cc(Cl)ccc1C)C2=O. The second kappa shape index (κ2) is 7.29. The Labute approximate surface area is 162 Å². The van der Waals surface area contributed by atoms with Gasteiger partial charge >= 0.3 is 0 Å². The van der Waals surface area contributed by atoms with Crippen molar-refractivity contribution in [3.63, 3.8) is 0 Å². The molecule has 1 aromatic heterocycles. The number of hydrogen-bond donors (Lipinski definition) is 0. The van der Waals surface area contributed by atoms with Crippen LogP contribution < -0.4 is 4.90 Å². The molecule has 0 fully saturated rings. The molecule has 2 heterocycles. The summed E-state index contributed by atoms with van der Waals surface area (Å²) in [5, 5.41) is 7.02. The van der Waals surface area contributed by atoms with Gasteiger partial charge in [-0.25, -0.2) is 0 Å². The van der Waals surface area contributed by atoms with E-state index in [1.807, 2.05) is 31.4 Å². The molecule has 1 aliphatic heterocycles. The van der Waals surface area contributed by atoms with Crippen LogP contribution in [0.4, 0.5) is 5.69 Å². The molecule has 1 amide bonds. The number of carbonyl (C=O) groups is 2. The number of allylic oxidation sites excluding steroid dienone is 1. The van der Waals surface area contributed by atoms with Crippen LogP contribution in [-0.2, 0) is 17.1 Å². The van der Waals surface area contributed by atoms with Crippen LogP contribution >= 0.6 is 23.4 Å². The minimum atomic E-state index is -1.03. The Morgan fingerprint density at radius 2 is 2.15 bits per heavy atom. The highest BCUT2D eigenvalue weighted by molar-refractivity contribution is 8.01. The molecule has 26 heavy (non-hydrogen) atoms. The average molecular weight is 390 g/mol. The highest BCUT2D eigenvalue weighted by atomic mass is 35.5. The van der Waals surface area contributed by atoms with Crippen molar-refractivity contribution in [3.8, 4) is 0 Å². The number of halogens is 1. The predicted octanol–water partition coefficient (Wildman–Crippen LogP) is 4.23. The Bertz CT molecular complexity index is 893. The molecule has 0 aliphatic carbocycles. The molecule has 7 heteroatoms. The van der Waals surface area contributed by atoms with E-state index in [0.29, 0.717) is 28.7 Å². The van der Waals surface area contributed by atoms with Crippen molar-refractivity contribution in [2.45, 2.75) is 38.6 Å². The molecule has 136 valence electrons. The highest BCUT2D eigenvalue weighted by Gasteiger charge is 2.44. The van der Waals surface area contributed by atoms with Crippen molar-refractivity contribution in [1.29, 1.82) is 0 Å². The Balaban J connectivity index is 2.05. The van der Waals surface area contributed by atoms with Crippen LogP contribution in [0.5, 0.6) is 0 Å². The third-order valence-corrected chi connectivity index (χ3v) is 5.53. The van der Waals surface area contributed by atoms with Crippen molar-refractivity contribution in [3.05, 3.63) is 57.7 Å². The number of aromatic nitrogens is 2. The van der Waals surface area contributed by atoms with Gasteiger partial charge in [0, 0.05) is 16.5 Å². The first-order valence-corrected chi connectivity index (χ1v) is 9.69. The molecule has 2 aromatic rings. The van der Waals surface area contributed by atoms with Gasteiger partial charge in [-0.2, -0.15) is 5.10 Å². The maximum atomic E-state index is 13.2. The summed E-state index contributed by atoms with van der Waals surface area (Å²) in [7, 11) is 0. The zero-order valence-corrected chi connectivity index (χ0v) is 16.5. The van der Waals surface area contributed by atoms with Crippen LogP contribution in [0.2, 0.25) is 5.02 Å². The zero-order valence-electron chi connectivity index (χ0n) is 14.9. The number of benzene rings is 1. The molecule has 0 saturated heterocycles. The summed E-state index contributed by atoms with van der Waals surface area (Å²) in [6.07, 6.45) is 2.77. The summed E-state index contributed by atoms with van der Waals surface area (Å²) in [6, 6.07) is 7.15. The number of nitrogens with zero attached hydrogens (tertiary/aromatic N) is 3. The van der Waals surface area contributed by atoms with Crippen LogP contribution in [0.25, 0.3) is 0 Å². The lowest BCUT2D eigenvalue weighted by atomic mass is 9.96. The number of fused-ring (bicyclic) bond motifs is 1. The van der Waals surface area contributed by atoms with E-state index in [2.05, 4.69) is 5.10 Å². The van der Waals surface area contributed by atoms with Gasteiger partial charge in [-0.05, 0) is 49.9 Å². The van der Waals surface area contributed by atoms with Crippen molar-refractivity contribution < 1.29 is 9.59 Å². The largest absolute Gasteiger partial charge is 0.301 e. The minimum absolute atomic E-state index is 0.244. The normalized spacial score (nSPS) is 19.8. The summed E-state index contributed by atoms with van der Waals surface area (Å²) in [5.41, 5.74) is 1.80. The molecule has 0 radical (unpaired) electrons. The van der Waals surface area contributed by atoms with Crippen molar-refractivity contribution in [1.82, 2.24) is 9.78 Å². The van der Waals surface area contributed by atoms with Crippen LogP contribution in [0.1, 0.15) is 35.6 Å². The molecule has 1 aromatic carbocycles. The van der Waals surface area contributed by atoms with Gasteiger partial charge in [0.2, 0.25) is 0 Å². The second-order valence-electron chi connectivity index (χ2n) is 6.51. The first-order valence-electron chi connectivity index (χ1n) is 8.26. The lowest BCUT2D eigenvalue weighted by Gasteiger charge is -2.41. The number of anilines is 1. The molecular formula is C19H20ClN3O2S. The first kappa shape index (κ1) is 18.7. The minimum Gasteiger partial charge on any atom is -0.301 e. The zero-order chi connectivity index (χ0) is 18.9. The second-order valence-corrected chi connectivity index (χ2v) is 7.84. The number of amides is 1. The lowest BCUT2D eigenvalue weighted by Crippen LogP contribution is -2.58. The number of aryl methyl sites for hydroxylation is 1. The van der Waals surface area contributed by atoms with Crippen molar-refractivity contribution >= 4 is 41.2 Å². The van der Waals surface area contributed by atoms with Crippen LogP contribution in [-0.4, -0.2) is 27.5 Å². The summed E-state index contributed by atoms with van der Waals surface area (Å²) in [6.45, 7) is 5.90. The van der Waals surface area contributed by atoms with E-state index in [0.717, 1.165) is 17.5 Å². The highest BCUT2D eigenvalue weighted by Crippen LogP contribution is 2.35. The monoisotopic (exact) mass is 389 g/mol. The fourth-order valence-electron chi connectivity index (χ4n) is 3.08. The third kappa shape index (κ3) is 3.31. The van der Waals surface area contributed by atoms with Crippen LogP contribution in [0.15, 0.2) is 35.7 Å². The molecule has 1 unspecified atom stereocenters. The van der Waals surface area contributed by atoms with E-state index in [1.165, 1.54) is 0 Å². The van der Waals surface area contributed by atoms with Gasteiger partial charge in [0.1, 0.15) is 17.5 Å². The van der Waals surface area contributed by atoms with Gasteiger partial charge in [-0.15, -0.1) is 11.8 Å². The Morgan fingerprint density at radius 1 is 1.38 bits per heavy atom. The van der Waals surface area contributed by atoms with E-state index in [4.69, 9.17) is 11.6 Å². The Morgan fingerprint density at radius 3 is 2.85 bits per heavy atom. The van der Waals surface area contributed by atoms with E-state index in [1.54, 1.807) is 46.5 Å². The molecule has 0 N–H and O–H groups in total.